The second-order valence-corrected chi connectivity index (χ2v) is 7.07. The van der Waals surface area contributed by atoms with Crippen LogP contribution in [0.5, 0.6) is 0 Å². The van der Waals surface area contributed by atoms with Gasteiger partial charge in [-0.3, -0.25) is 9.59 Å². The maximum atomic E-state index is 12.5. The van der Waals surface area contributed by atoms with E-state index in [1.54, 1.807) is 6.07 Å². The van der Waals surface area contributed by atoms with Gasteiger partial charge in [0, 0.05) is 12.1 Å². The molecule has 2 atom stereocenters. The van der Waals surface area contributed by atoms with Gasteiger partial charge in [0.1, 0.15) is 0 Å². The highest BCUT2D eigenvalue weighted by molar-refractivity contribution is 7.99. The molecule has 0 aliphatic carbocycles. The first-order valence-electron chi connectivity index (χ1n) is 7.99. The van der Waals surface area contributed by atoms with E-state index < -0.39 is 0 Å². The maximum absolute atomic E-state index is 12.5. The van der Waals surface area contributed by atoms with E-state index in [4.69, 9.17) is 0 Å². The lowest BCUT2D eigenvalue weighted by Gasteiger charge is -2.39. The molecular weight excluding hydrogens is 310 g/mol. The zero-order valence-electron chi connectivity index (χ0n) is 13.4. The summed E-state index contributed by atoms with van der Waals surface area (Å²) < 4.78 is 0. The fraction of sp³-hybridized carbons (Fsp3) is 0.471. The standard InChI is InChI=1S/C17H21N3O2S/c1-11-6-5-7-12(2)20(11)15(21)10-23-17-18-14-9-4-3-8-13(14)16(22)19-17/h3-4,8-9,11-12H,5-7,10H2,1-2H3,(H,18,19,22)/t11-,12-/m0/s1. The molecule has 1 aliphatic rings. The Hall–Kier alpha value is -1.82. The SMILES string of the molecule is C[C@H]1CCC[C@H](C)N1C(=O)CSc1nc2ccccc2c(=O)[nH]1. The summed E-state index contributed by atoms with van der Waals surface area (Å²) in [6.45, 7) is 4.21. The quantitative estimate of drug-likeness (QED) is 0.694. The molecular formula is C17H21N3O2S. The Morgan fingerprint density at radius 1 is 1.30 bits per heavy atom. The average Bonchev–Trinajstić information content (AvgIpc) is 2.53. The van der Waals surface area contributed by atoms with Gasteiger partial charge >= 0.3 is 0 Å². The molecule has 6 heteroatoms. The summed E-state index contributed by atoms with van der Waals surface area (Å²) in [7, 11) is 0. The number of rotatable bonds is 3. The van der Waals surface area contributed by atoms with Crippen molar-refractivity contribution in [3.05, 3.63) is 34.6 Å². The molecule has 122 valence electrons. The maximum Gasteiger partial charge on any atom is 0.259 e. The normalized spacial score (nSPS) is 21.6. The predicted octanol–water partition coefficient (Wildman–Crippen LogP) is 2.80. The Morgan fingerprint density at radius 3 is 2.74 bits per heavy atom. The smallest absolute Gasteiger partial charge is 0.259 e. The number of piperidine rings is 1. The van der Waals surface area contributed by atoms with Crippen LogP contribution in [0.3, 0.4) is 0 Å². The molecule has 1 N–H and O–H groups in total. The van der Waals surface area contributed by atoms with Gasteiger partial charge in [-0.25, -0.2) is 4.98 Å². The largest absolute Gasteiger partial charge is 0.337 e. The number of thioether (sulfide) groups is 1. The number of aromatic amines is 1. The predicted molar refractivity (Wildman–Crippen MR) is 92.7 cm³/mol. The number of amides is 1. The van der Waals surface area contributed by atoms with Gasteiger partial charge in [-0.15, -0.1) is 0 Å². The number of likely N-dealkylation sites (tertiary alicyclic amines) is 1. The molecule has 0 bridgehead atoms. The molecule has 23 heavy (non-hydrogen) atoms. The van der Waals surface area contributed by atoms with Crippen molar-refractivity contribution in [2.45, 2.75) is 50.4 Å². The third-order valence-electron chi connectivity index (χ3n) is 4.41. The van der Waals surface area contributed by atoms with E-state index in [0.29, 0.717) is 21.8 Å². The monoisotopic (exact) mass is 331 g/mol. The van der Waals surface area contributed by atoms with Crippen molar-refractivity contribution in [3.8, 4) is 0 Å². The molecule has 0 spiro atoms. The molecule has 1 saturated heterocycles. The van der Waals surface area contributed by atoms with Gasteiger partial charge in [-0.2, -0.15) is 0 Å². The van der Waals surface area contributed by atoms with Gasteiger partial charge in [-0.05, 0) is 45.2 Å². The lowest BCUT2D eigenvalue weighted by atomic mass is 9.98. The minimum absolute atomic E-state index is 0.116. The number of nitrogens with one attached hydrogen (secondary N) is 1. The van der Waals surface area contributed by atoms with Crippen molar-refractivity contribution in [2.24, 2.45) is 0 Å². The van der Waals surface area contributed by atoms with E-state index in [9.17, 15) is 9.59 Å². The van der Waals surface area contributed by atoms with Crippen LogP contribution in [-0.2, 0) is 4.79 Å². The number of nitrogens with zero attached hydrogens (tertiary/aromatic N) is 2. The summed E-state index contributed by atoms with van der Waals surface area (Å²) in [5, 5.41) is 1.07. The number of benzene rings is 1. The van der Waals surface area contributed by atoms with Gasteiger partial charge in [0.25, 0.3) is 5.56 Å². The minimum Gasteiger partial charge on any atom is -0.337 e. The number of fused-ring (bicyclic) bond motifs is 1. The Morgan fingerprint density at radius 2 is 2.00 bits per heavy atom. The molecule has 1 aromatic heterocycles. The van der Waals surface area contributed by atoms with Crippen molar-refractivity contribution in [2.75, 3.05) is 5.75 Å². The molecule has 1 amide bonds. The zero-order valence-corrected chi connectivity index (χ0v) is 14.2. The Labute approximate surface area is 139 Å². The second kappa shape index (κ2) is 6.74. The van der Waals surface area contributed by atoms with Crippen molar-refractivity contribution in [3.63, 3.8) is 0 Å². The fourth-order valence-corrected chi connectivity index (χ4v) is 3.99. The fourth-order valence-electron chi connectivity index (χ4n) is 3.25. The summed E-state index contributed by atoms with van der Waals surface area (Å²) in [5.74, 6) is 0.418. The first-order chi connectivity index (χ1) is 11.1. The van der Waals surface area contributed by atoms with Crippen LogP contribution < -0.4 is 5.56 Å². The Bertz CT molecular complexity index is 764. The molecule has 0 unspecified atom stereocenters. The molecule has 1 aliphatic heterocycles. The molecule has 0 radical (unpaired) electrons. The molecule has 3 rings (SSSR count). The topological polar surface area (TPSA) is 66.1 Å². The summed E-state index contributed by atoms with van der Waals surface area (Å²) in [5.41, 5.74) is 0.496. The van der Waals surface area contributed by atoms with Gasteiger partial charge in [0.2, 0.25) is 5.91 Å². The van der Waals surface area contributed by atoms with Crippen LogP contribution in [0.1, 0.15) is 33.1 Å². The lowest BCUT2D eigenvalue weighted by Crippen LogP contribution is -2.48. The van der Waals surface area contributed by atoms with Gasteiger partial charge in [0.15, 0.2) is 5.16 Å². The molecule has 0 saturated carbocycles. The third kappa shape index (κ3) is 3.42. The Balaban J connectivity index is 1.73. The number of carbonyl (C=O) groups excluding carboxylic acids is 1. The van der Waals surface area contributed by atoms with Crippen molar-refractivity contribution in [1.82, 2.24) is 14.9 Å². The minimum atomic E-state index is -0.162. The number of hydrogen-bond donors (Lipinski definition) is 1. The molecule has 1 aromatic carbocycles. The Kier molecular flexibility index (Phi) is 4.71. The average molecular weight is 331 g/mol. The zero-order chi connectivity index (χ0) is 16.4. The van der Waals surface area contributed by atoms with Crippen molar-refractivity contribution < 1.29 is 4.79 Å². The van der Waals surface area contributed by atoms with E-state index in [2.05, 4.69) is 23.8 Å². The van der Waals surface area contributed by atoms with Crippen LogP contribution in [0.15, 0.2) is 34.2 Å². The van der Waals surface area contributed by atoms with Crippen LogP contribution in [0, 0.1) is 0 Å². The third-order valence-corrected chi connectivity index (χ3v) is 5.26. The summed E-state index contributed by atoms with van der Waals surface area (Å²) in [4.78, 5) is 33.7. The van der Waals surface area contributed by atoms with E-state index >= 15 is 0 Å². The highest BCUT2D eigenvalue weighted by Gasteiger charge is 2.28. The van der Waals surface area contributed by atoms with Crippen LogP contribution in [0.2, 0.25) is 0 Å². The number of hydrogen-bond acceptors (Lipinski definition) is 4. The lowest BCUT2D eigenvalue weighted by molar-refractivity contribution is -0.134. The number of carbonyl (C=O) groups is 1. The van der Waals surface area contributed by atoms with Gasteiger partial charge in [-0.1, -0.05) is 23.9 Å². The molecule has 5 nitrogen and oxygen atoms in total. The summed E-state index contributed by atoms with van der Waals surface area (Å²) >= 11 is 1.30. The van der Waals surface area contributed by atoms with E-state index in [1.807, 2.05) is 23.1 Å². The van der Waals surface area contributed by atoms with Crippen molar-refractivity contribution in [1.29, 1.82) is 0 Å². The summed E-state index contributed by atoms with van der Waals surface area (Å²) in [6, 6.07) is 7.80. The number of aromatic nitrogens is 2. The van der Waals surface area contributed by atoms with Gasteiger partial charge in [0.05, 0.1) is 16.7 Å². The molecule has 1 fully saturated rings. The molecule has 2 heterocycles. The van der Waals surface area contributed by atoms with Gasteiger partial charge < -0.3 is 9.88 Å². The van der Waals surface area contributed by atoms with Crippen LogP contribution >= 0.6 is 11.8 Å². The van der Waals surface area contributed by atoms with Crippen LogP contribution in [0.4, 0.5) is 0 Å². The van der Waals surface area contributed by atoms with Crippen LogP contribution in [0.25, 0.3) is 10.9 Å². The first-order valence-corrected chi connectivity index (χ1v) is 8.98. The second-order valence-electron chi connectivity index (χ2n) is 6.11. The van der Waals surface area contributed by atoms with E-state index in [-0.39, 0.29) is 23.6 Å². The van der Waals surface area contributed by atoms with Crippen molar-refractivity contribution >= 4 is 28.6 Å². The first kappa shape index (κ1) is 16.1. The van der Waals surface area contributed by atoms with E-state index in [0.717, 1.165) is 12.8 Å². The number of para-hydroxylation sites is 1. The highest BCUT2D eigenvalue weighted by atomic mass is 32.2. The highest BCUT2D eigenvalue weighted by Crippen LogP contribution is 2.24. The summed E-state index contributed by atoms with van der Waals surface area (Å²) in [6.07, 6.45) is 3.30. The molecule has 2 aromatic rings. The van der Waals surface area contributed by atoms with Crippen LogP contribution in [-0.4, -0.2) is 38.6 Å². The van der Waals surface area contributed by atoms with E-state index in [1.165, 1.54) is 18.2 Å². The number of H-pyrrole nitrogens is 1.